The normalized spacial score (nSPS) is 19.8. The third-order valence-corrected chi connectivity index (χ3v) is 3.10. The maximum Gasteiger partial charge on any atom is 0.326 e. The highest BCUT2D eigenvalue weighted by molar-refractivity contribution is 5.83. The maximum absolute atomic E-state index is 12.1. The molecule has 0 aromatic carbocycles. The average molecular weight is 274 g/mol. The molecule has 0 saturated carbocycles. The van der Waals surface area contributed by atoms with Crippen molar-refractivity contribution in [3.05, 3.63) is 0 Å². The molecular weight excluding hydrogens is 252 g/mol. The van der Waals surface area contributed by atoms with Crippen LogP contribution in [0.25, 0.3) is 0 Å². The smallest absolute Gasteiger partial charge is 0.326 e. The van der Waals surface area contributed by atoms with Crippen LogP contribution in [0.1, 0.15) is 20.3 Å². The number of nitrogens with one attached hydrogen (secondary N) is 1. The number of amides is 2. The molecule has 0 spiro atoms. The summed E-state index contributed by atoms with van der Waals surface area (Å²) in [6.45, 7) is 5.41. The van der Waals surface area contributed by atoms with Crippen molar-refractivity contribution < 1.29 is 24.2 Å². The third-order valence-electron chi connectivity index (χ3n) is 3.10. The summed E-state index contributed by atoms with van der Waals surface area (Å²) in [6, 6.07) is -1.32. The van der Waals surface area contributed by atoms with Gasteiger partial charge in [0.25, 0.3) is 0 Å². The molecule has 110 valence electrons. The number of urea groups is 1. The SMILES string of the molecule is COCCC(NC(=O)N1CCOCC1(C)C)C(=O)O. The molecule has 1 aliphatic heterocycles. The first-order valence-electron chi connectivity index (χ1n) is 6.26. The van der Waals surface area contributed by atoms with Crippen LogP contribution in [-0.4, -0.2) is 67.1 Å². The number of ether oxygens (including phenoxy) is 2. The molecule has 7 heteroatoms. The Bertz CT molecular complexity index is 332. The Morgan fingerprint density at radius 1 is 1.53 bits per heavy atom. The molecule has 19 heavy (non-hydrogen) atoms. The summed E-state index contributed by atoms with van der Waals surface area (Å²) in [5.74, 6) is -1.06. The van der Waals surface area contributed by atoms with E-state index in [0.717, 1.165) is 0 Å². The van der Waals surface area contributed by atoms with Gasteiger partial charge in [-0.25, -0.2) is 9.59 Å². The van der Waals surface area contributed by atoms with Crippen molar-refractivity contribution in [1.82, 2.24) is 10.2 Å². The van der Waals surface area contributed by atoms with E-state index in [-0.39, 0.29) is 19.1 Å². The fourth-order valence-corrected chi connectivity index (χ4v) is 1.95. The number of hydrogen-bond donors (Lipinski definition) is 2. The Kier molecular flexibility index (Phi) is 5.56. The molecule has 1 atom stereocenters. The third kappa shape index (κ3) is 4.36. The van der Waals surface area contributed by atoms with Crippen LogP contribution < -0.4 is 5.32 Å². The van der Waals surface area contributed by atoms with Gasteiger partial charge < -0.3 is 24.8 Å². The minimum atomic E-state index is -1.06. The zero-order valence-electron chi connectivity index (χ0n) is 11.6. The lowest BCUT2D eigenvalue weighted by Crippen LogP contribution is -2.60. The first-order chi connectivity index (χ1) is 8.88. The fraction of sp³-hybridized carbons (Fsp3) is 0.833. The molecule has 0 aromatic heterocycles. The lowest BCUT2D eigenvalue weighted by molar-refractivity contribution is -0.139. The van der Waals surface area contributed by atoms with Crippen LogP contribution in [0.15, 0.2) is 0 Å². The van der Waals surface area contributed by atoms with Crippen LogP contribution in [-0.2, 0) is 14.3 Å². The first-order valence-corrected chi connectivity index (χ1v) is 6.26. The standard InChI is InChI=1S/C12H22N2O5/c1-12(2)8-19-7-5-14(12)11(17)13-9(10(15)16)4-6-18-3/h9H,4-8H2,1-3H3,(H,13,17)(H,15,16). The quantitative estimate of drug-likeness (QED) is 0.752. The van der Waals surface area contributed by atoms with Gasteiger partial charge in [0.1, 0.15) is 6.04 Å². The van der Waals surface area contributed by atoms with E-state index < -0.39 is 17.6 Å². The van der Waals surface area contributed by atoms with Gasteiger partial charge in [-0.05, 0) is 13.8 Å². The molecule has 2 N–H and O–H groups in total. The Hall–Kier alpha value is -1.34. The van der Waals surface area contributed by atoms with E-state index in [2.05, 4.69) is 5.32 Å². The van der Waals surface area contributed by atoms with Crippen molar-refractivity contribution in [3.8, 4) is 0 Å². The summed E-state index contributed by atoms with van der Waals surface area (Å²) in [7, 11) is 1.49. The van der Waals surface area contributed by atoms with Gasteiger partial charge in [-0.2, -0.15) is 0 Å². The van der Waals surface area contributed by atoms with Gasteiger partial charge in [0.2, 0.25) is 0 Å². The van der Waals surface area contributed by atoms with E-state index in [1.165, 1.54) is 7.11 Å². The number of carboxylic acids is 1. The highest BCUT2D eigenvalue weighted by Crippen LogP contribution is 2.19. The van der Waals surface area contributed by atoms with Gasteiger partial charge in [0.15, 0.2) is 0 Å². The summed E-state index contributed by atoms with van der Waals surface area (Å²) in [4.78, 5) is 24.8. The molecule has 2 amide bonds. The van der Waals surface area contributed by atoms with Gasteiger partial charge in [0.05, 0.1) is 18.8 Å². The van der Waals surface area contributed by atoms with Crippen molar-refractivity contribution in [2.24, 2.45) is 0 Å². The van der Waals surface area contributed by atoms with E-state index in [1.54, 1.807) is 4.90 Å². The van der Waals surface area contributed by atoms with Gasteiger partial charge in [0, 0.05) is 26.7 Å². The van der Waals surface area contributed by atoms with E-state index in [4.69, 9.17) is 14.6 Å². The van der Waals surface area contributed by atoms with Crippen molar-refractivity contribution in [2.45, 2.75) is 31.8 Å². The number of carboxylic acid groups (broad SMARTS) is 1. The topological polar surface area (TPSA) is 88.1 Å². The number of carbonyl (C=O) groups excluding carboxylic acids is 1. The van der Waals surface area contributed by atoms with E-state index in [9.17, 15) is 9.59 Å². The minimum Gasteiger partial charge on any atom is -0.480 e. The Balaban J connectivity index is 2.62. The van der Waals surface area contributed by atoms with Crippen LogP contribution in [0.3, 0.4) is 0 Å². The molecule has 7 nitrogen and oxygen atoms in total. The highest BCUT2D eigenvalue weighted by atomic mass is 16.5. The molecule has 1 unspecified atom stereocenters. The van der Waals surface area contributed by atoms with Crippen LogP contribution in [0.5, 0.6) is 0 Å². The zero-order valence-corrected chi connectivity index (χ0v) is 11.6. The Morgan fingerprint density at radius 3 is 2.74 bits per heavy atom. The number of carbonyl (C=O) groups is 2. The molecule has 0 bridgehead atoms. The Morgan fingerprint density at radius 2 is 2.21 bits per heavy atom. The van der Waals surface area contributed by atoms with Crippen LogP contribution >= 0.6 is 0 Å². The average Bonchev–Trinajstić information content (AvgIpc) is 2.33. The summed E-state index contributed by atoms with van der Waals surface area (Å²) in [5.41, 5.74) is -0.438. The Labute approximate surface area is 112 Å². The molecule has 1 saturated heterocycles. The van der Waals surface area contributed by atoms with Crippen molar-refractivity contribution in [2.75, 3.05) is 33.5 Å². The lowest BCUT2D eigenvalue weighted by Gasteiger charge is -2.42. The predicted molar refractivity (Wildman–Crippen MR) is 68.1 cm³/mol. The monoisotopic (exact) mass is 274 g/mol. The van der Waals surface area contributed by atoms with Gasteiger partial charge in [-0.15, -0.1) is 0 Å². The summed E-state index contributed by atoms with van der Waals surface area (Å²) < 4.78 is 10.2. The minimum absolute atomic E-state index is 0.238. The molecule has 0 aromatic rings. The summed E-state index contributed by atoms with van der Waals surface area (Å²) in [6.07, 6.45) is 0.238. The number of rotatable bonds is 5. The summed E-state index contributed by atoms with van der Waals surface area (Å²) >= 11 is 0. The van der Waals surface area contributed by atoms with Gasteiger partial charge in [-0.3, -0.25) is 0 Å². The van der Waals surface area contributed by atoms with Crippen LogP contribution in [0.2, 0.25) is 0 Å². The van der Waals surface area contributed by atoms with E-state index >= 15 is 0 Å². The number of aliphatic carboxylic acids is 1. The van der Waals surface area contributed by atoms with Crippen molar-refractivity contribution >= 4 is 12.0 Å². The van der Waals surface area contributed by atoms with E-state index in [1.807, 2.05) is 13.8 Å². The van der Waals surface area contributed by atoms with Crippen LogP contribution in [0, 0.1) is 0 Å². The van der Waals surface area contributed by atoms with Gasteiger partial charge in [-0.1, -0.05) is 0 Å². The second-order valence-corrected chi connectivity index (χ2v) is 5.14. The largest absolute Gasteiger partial charge is 0.480 e. The molecular formula is C12H22N2O5. The van der Waals surface area contributed by atoms with E-state index in [0.29, 0.717) is 19.8 Å². The molecule has 1 rings (SSSR count). The molecule has 1 heterocycles. The number of morpholine rings is 1. The second-order valence-electron chi connectivity index (χ2n) is 5.14. The fourth-order valence-electron chi connectivity index (χ4n) is 1.95. The summed E-state index contributed by atoms with van der Waals surface area (Å²) in [5, 5.41) is 11.6. The van der Waals surface area contributed by atoms with Crippen molar-refractivity contribution in [3.63, 3.8) is 0 Å². The zero-order chi connectivity index (χ0) is 14.5. The number of nitrogens with zero attached hydrogens (tertiary/aromatic N) is 1. The highest BCUT2D eigenvalue weighted by Gasteiger charge is 2.35. The molecule has 0 aliphatic carbocycles. The second kappa shape index (κ2) is 6.72. The van der Waals surface area contributed by atoms with Crippen LogP contribution in [0.4, 0.5) is 4.79 Å². The molecule has 1 aliphatic rings. The lowest BCUT2D eigenvalue weighted by atomic mass is 10.0. The van der Waals surface area contributed by atoms with Gasteiger partial charge >= 0.3 is 12.0 Å². The molecule has 0 radical (unpaired) electrons. The predicted octanol–water partition coefficient (Wildman–Crippen LogP) is 0.297. The number of hydrogen-bond acceptors (Lipinski definition) is 4. The number of methoxy groups -OCH3 is 1. The van der Waals surface area contributed by atoms with Crippen molar-refractivity contribution in [1.29, 1.82) is 0 Å². The first kappa shape index (κ1) is 15.7. The molecule has 1 fully saturated rings. The maximum atomic E-state index is 12.1.